The van der Waals surface area contributed by atoms with Gasteiger partial charge in [0.05, 0.1) is 14.1 Å². The Bertz CT molecular complexity index is 243. The van der Waals surface area contributed by atoms with Crippen LogP contribution in [0.1, 0.15) is 117 Å². The maximum absolute atomic E-state index is 2.48. The largest absolute Gasteiger partial charge is 0.0808 e. The molecule has 0 aliphatic rings. The van der Waals surface area contributed by atoms with Crippen molar-refractivity contribution in [1.29, 1.82) is 0 Å². The molecular formula is C22H45P2+. The Morgan fingerprint density at radius 3 is 1.58 bits per heavy atom. The van der Waals surface area contributed by atoms with Crippen LogP contribution in [0.4, 0.5) is 0 Å². The third-order valence-corrected chi connectivity index (χ3v) is 7.31. The van der Waals surface area contributed by atoms with Gasteiger partial charge in [-0.3, -0.25) is 0 Å². The van der Waals surface area contributed by atoms with Crippen molar-refractivity contribution in [2.24, 2.45) is 0 Å². The summed E-state index contributed by atoms with van der Waals surface area (Å²) in [4.78, 5) is 0. The quantitative estimate of drug-likeness (QED) is 0.157. The summed E-state index contributed by atoms with van der Waals surface area (Å²) < 4.78 is 0. The molecule has 0 amide bonds. The number of allylic oxidation sites excluding steroid dienone is 2. The van der Waals surface area contributed by atoms with Crippen molar-refractivity contribution in [3.63, 3.8) is 0 Å². The monoisotopic (exact) mass is 371 g/mol. The lowest BCUT2D eigenvalue weighted by molar-refractivity contribution is 0.592. The number of hydrogen-bond acceptors (Lipinski definition) is 0. The third-order valence-electron chi connectivity index (χ3n) is 4.49. The van der Waals surface area contributed by atoms with E-state index in [0.29, 0.717) is 8.27 Å². The van der Waals surface area contributed by atoms with Gasteiger partial charge in [-0.1, -0.05) is 97.0 Å². The molecule has 0 fully saturated rings. The second kappa shape index (κ2) is 23.3. The minimum absolute atomic E-state index is 0.542. The van der Waals surface area contributed by atoms with E-state index < -0.39 is 0 Å². The van der Waals surface area contributed by atoms with E-state index in [1.165, 1.54) is 103 Å². The van der Waals surface area contributed by atoms with E-state index in [1.54, 1.807) is 0 Å². The van der Waals surface area contributed by atoms with Crippen LogP contribution in [0.15, 0.2) is 23.8 Å². The van der Waals surface area contributed by atoms with Crippen LogP contribution in [0.3, 0.4) is 0 Å². The Labute approximate surface area is 157 Å². The molecule has 2 heteroatoms. The predicted octanol–water partition coefficient (Wildman–Crippen LogP) is 9.30. The second-order valence-corrected chi connectivity index (χ2v) is 10.4. The van der Waals surface area contributed by atoms with Crippen LogP contribution in [0.25, 0.3) is 0 Å². The Morgan fingerprint density at radius 1 is 0.583 bits per heavy atom. The summed E-state index contributed by atoms with van der Waals surface area (Å²) >= 11 is 0. The predicted molar refractivity (Wildman–Crippen MR) is 122 cm³/mol. The fraction of sp³-hybridized carbons (Fsp3) is 0.818. The van der Waals surface area contributed by atoms with E-state index in [9.17, 15) is 0 Å². The second-order valence-electron chi connectivity index (χ2n) is 6.98. The summed E-state index contributed by atoms with van der Waals surface area (Å²) in [5.74, 6) is 4.93. The molecule has 0 N–H and O–H groups in total. The minimum Gasteiger partial charge on any atom is -0.0808 e. The zero-order valence-electron chi connectivity index (χ0n) is 16.7. The normalized spacial score (nSPS) is 12.9. The van der Waals surface area contributed by atoms with Crippen molar-refractivity contribution in [3.05, 3.63) is 23.8 Å². The van der Waals surface area contributed by atoms with Crippen LogP contribution in [-0.4, -0.2) is 0 Å². The van der Waals surface area contributed by atoms with Crippen molar-refractivity contribution in [1.82, 2.24) is 0 Å². The van der Waals surface area contributed by atoms with E-state index in [-0.39, 0.29) is 0 Å². The van der Waals surface area contributed by atoms with Gasteiger partial charge in [0.25, 0.3) is 0 Å². The van der Waals surface area contributed by atoms with Crippen molar-refractivity contribution >= 4 is 16.5 Å². The molecule has 0 spiro atoms. The molecule has 2 atom stereocenters. The summed E-state index contributed by atoms with van der Waals surface area (Å²) in [7, 11) is 1.61. The van der Waals surface area contributed by atoms with Gasteiger partial charge in [0, 0.05) is 8.27 Å². The lowest BCUT2D eigenvalue weighted by Crippen LogP contribution is -1.78. The molecule has 142 valence electrons. The Morgan fingerprint density at radius 2 is 1.04 bits per heavy atom. The molecule has 0 aromatic rings. The Kier molecular flexibility index (Phi) is 23.7. The van der Waals surface area contributed by atoms with E-state index >= 15 is 0 Å². The molecule has 0 aromatic heterocycles. The highest BCUT2D eigenvalue weighted by Gasteiger charge is 1.91. The highest BCUT2D eigenvalue weighted by molar-refractivity contribution is 8.14. The Hall–Kier alpha value is 0.340. The first-order chi connectivity index (χ1) is 11.9. The average molecular weight is 372 g/mol. The molecule has 0 saturated carbocycles. The lowest BCUT2D eigenvalue weighted by Gasteiger charge is -1.98. The average Bonchev–Trinajstić information content (AvgIpc) is 2.60. The maximum atomic E-state index is 2.48. The smallest absolute Gasteiger partial charge is 0.0648 e. The molecule has 0 nitrogen and oxygen atoms in total. The van der Waals surface area contributed by atoms with Gasteiger partial charge in [-0.15, -0.1) is 0 Å². The first-order valence-corrected chi connectivity index (χ1v) is 14.4. The van der Waals surface area contributed by atoms with Crippen molar-refractivity contribution in [3.8, 4) is 0 Å². The van der Waals surface area contributed by atoms with Crippen LogP contribution in [-0.2, 0) is 0 Å². The van der Waals surface area contributed by atoms with Crippen LogP contribution < -0.4 is 0 Å². The topological polar surface area (TPSA) is 0 Å². The number of rotatable bonds is 19. The van der Waals surface area contributed by atoms with Gasteiger partial charge in [-0.25, -0.2) is 0 Å². The Balaban J connectivity index is 3.14. The molecule has 0 rings (SSSR count). The first kappa shape index (κ1) is 24.3. The molecule has 0 aliphatic carbocycles. The molecule has 0 aromatic carbocycles. The molecule has 0 heterocycles. The molecule has 0 radical (unpaired) electrons. The van der Waals surface area contributed by atoms with Crippen molar-refractivity contribution in [2.45, 2.75) is 117 Å². The van der Waals surface area contributed by atoms with E-state index in [0.717, 1.165) is 8.27 Å². The molecule has 0 bridgehead atoms. The molecular weight excluding hydrogens is 326 g/mol. The van der Waals surface area contributed by atoms with Gasteiger partial charge in [0.15, 0.2) is 0 Å². The minimum atomic E-state index is 0.542. The highest BCUT2D eigenvalue weighted by Crippen LogP contribution is 2.39. The zero-order valence-corrected chi connectivity index (χ0v) is 18.9. The van der Waals surface area contributed by atoms with Crippen LogP contribution >= 0.6 is 16.5 Å². The summed E-state index contributed by atoms with van der Waals surface area (Å²) in [5, 5.41) is 0. The summed E-state index contributed by atoms with van der Waals surface area (Å²) in [6, 6.07) is 0. The zero-order chi connectivity index (χ0) is 17.6. The van der Waals surface area contributed by atoms with E-state index in [2.05, 4.69) is 37.6 Å². The lowest BCUT2D eigenvalue weighted by atomic mass is 10.1. The summed E-state index contributed by atoms with van der Waals surface area (Å²) in [6.45, 7) is 4.58. The first-order valence-electron chi connectivity index (χ1n) is 10.8. The van der Waals surface area contributed by atoms with Crippen LogP contribution in [0.5, 0.6) is 0 Å². The van der Waals surface area contributed by atoms with Gasteiger partial charge in [-0.2, -0.15) is 0 Å². The number of hydrogen-bond donors (Lipinski definition) is 0. The molecule has 24 heavy (non-hydrogen) atoms. The van der Waals surface area contributed by atoms with Crippen molar-refractivity contribution < 1.29 is 0 Å². The summed E-state index contributed by atoms with van der Waals surface area (Å²) in [6.07, 6.45) is 27.4. The van der Waals surface area contributed by atoms with Crippen molar-refractivity contribution in [2.75, 3.05) is 0 Å². The molecule has 0 aliphatic heterocycles. The fourth-order valence-electron chi connectivity index (χ4n) is 2.87. The van der Waals surface area contributed by atoms with E-state index in [4.69, 9.17) is 0 Å². The van der Waals surface area contributed by atoms with E-state index in [1.807, 2.05) is 0 Å². The fourth-order valence-corrected chi connectivity index (χ4v) is 5.20. The maximum Gasteiger partial charge on any atom is 0.0648 e. The number of unbranched alkanes of at least 4 members (excludes halogenated alkanes) is 14. The SMILES string of the molecule is CCCCCCCCC/C=C/P[PH2+]/C=C/CCCCCCCCC. The highest BCUT2D eigenvalue weighted by atomic mass is 32.0. The third kappa shape index (κ3) is 22.3. The van der Waals surface area contributed by atoms with Gasteiger partial charge < -0.3 is 0 Å². The molecule has 2 unspecified atom stereocenters. The van der Waals surface area contributed by atoms with Gasteiger partial charge in [0.2, 0.25) is 0 Å². The molecule has 0 saturated heterocycles. The van der Waals surface area contributed by atoms with Gasteiger partial charge >= 0.3 is 0 Å². The van der Waals surface area contributed by atoms with Gasteiger partial charge in [-0.05, 0) is 37.6 Å². The summed E-state index contributed by atoms with van der Waals surface area (Å²) in [5.41, 5.74) is 0. The van der Waals surface area contributed by atoms with Crippen LogP contribution in [0, 0.1) is 0 Å². The van der Waals surface area contributed by atoms with Gasteiger partial charge in [0.1, 0.15) is 0 Å². The van der Waals surface area contributed by atoms with Crippen LogP contribution in [0.2, 0.25) is 0 Å². The standard InChI is InChI=1S/C22H44P2/c1-3-5-7-9-11-13-15-17-19-21-23-24-22-20-18-16-14-12-10-8-6-4-2/h19-24H,3-18H2,1-2H3/p+1/b21-19+,22-20+.